The third-order valence-electron chi connectivity index (χ3n) is 3.99. The molecule has 0 bridgehead atoms. The number of esters is 1. The van der Waals surface area contributed by atoms with Crippen LogP contribution in [0, 0.1) is 5.92 Å². The number of hydrogen-bond acceptors (Lipinski definition) is 3. The summed E-state index contributed by atoms with van der Waals surface area (Å²) in [6, 6.07) is 0.550. The van der Waals surface area contributed by atoms with Gasteiger partial charge in [-0.2, -0.15) is 0 Å². The van der Waals surface area contributed by atoms with Crippen molar-refractivity contribution in [3.63, 3.8) is 0 Å². The van der Waals surface area contributed by atoms with Crippen LogP contribution in [-0.2, 0) is 9.53 Å². The molecule has 1 saturated carbocycles. The zero-order chi connectivity index (χ0) is 15.5. The lowest BCUT2D eigenvalue weighted by atomic mass is 9.87. The van der Waals surface area contributed by atoms with Crippen LogP contribution in [0.5, 0.6) is 0 Å². The largest absolute Gasteiger partial charge is 0.469 e. The molecular weight excluding hydrogens is 266 g/mol. The monoisotopic (exact) mass is 297 g/mol. The Hall–Kier alpha value is -1.26. The Morgan fingerprint density at radius 3 is 2.57 bits per heavy atom. The summed E-state index contributed by atoms with van der Waals surface area (Å²) in [5, 5.41) is 6.83. The molecule has 2 N–H and O–H groups in total. The van der Waals surface area contributed by atoms with Gasteiger partial charge in [0.25, 0.3) is 0 Å². The van der Waals surface area contributed by atoms with Crippen LogP contribution in [0.2, 0.25) is 0 Å². The number of ether oxygens (including phenoxy) is 1. The Morgan fingerprint density at radius 1 is 1.24 bits per heavy atom. The third-order valence-corrected chi connectivity index (χ3v) is 3.99. The average molecular weight is 297 g/mol. The lowest BCUT2D eigenvalue weighted by molar-refractivity contribution is -0.140. The molecule has 1 fully saturated rings. The third kappa shape index (κ3) is 7.93. The zero-order valence-electron chi connectivity index (χ0n) is 13.8. The fourth-order valence-corrected chi connectivity index (χ4v) is 2.59. The summed E-state index contributed by atoms with van der Waals surface area (Å²) in [5.74, 6) is 1.64. The second-order valence-electron chi connectivity index (χ2n) is 5.90. The molecule has 21 heavy (non-hydrogen) atoms. The summed E-state index contributed by atoms with van der Waals surface area (Å²) >= 11 is 0. The highest BCUT2D eigenvalue weighted by Crippen LogP contribution is 2.23. The minimum atomic E-state index is -0.139. The van der Waals surface area contributed by atoms with Gasteiger partial charge in [0.15, 0.2) is 5.96 Å². The molecule has 0 amide bonds. The predicted octanol–water partition coefficient (Wildman–Crippen LogP) is 2.46. The molecule has 1 aliphatic carbocycles. The molecule has 0 saturated heterocycles. The van der Waals surface area contributed by atoms with Crippen LogP contribution < -0.4 is 10.6 Å². The molecule has 122 valence electrons. The van der Waals surface area contributed by atoms with Crippen LogP contribution in [0.3, 0.4) is 0 Å². The first-order valence-corrected chi connectivity index (χ1v) is 8.27. The van der Waals surface area contributed by atoms with Crippen LogP contribution in [0.25, 0.3) is 0 Å². The second kappa shape index (κ2) is 10.5. The molecule has 1 aliphatic rings. The Morgan fingerprint density at radius 2 is 1.95 bits per heavy atom. The van der Waals surface area contributed by atoms with Crippen molar-refractivity contribution < 1.29 is 9.53 Å². The van der Waals surface area contributed by atoms with Gasteiger partial charge in [-0.3, -0.25) is 9.79 Å². The molecule has 5 heteroatoms. The molecule has 0 aromatic heterocycles. The van der Waals surface area contributed by atoms with Crippen molar-refractivity contribution in [2.45, 2.75) is 64.8 Å². The molecule has 5 nitrogen and oxygen atoms in total. The van der Waals surface area contributed by atoms with E-state index < -0.39 is 0 Å². The van der Waals surface area contributed by atoms with Gasteiger partial charge in [-0.15, -0.1) is 0 Å². The van der Waals surface area contributed by atoms with E-state index in [2.05, 4.69) is 34.2 Å². The van der Waals surface area contributed by atoms with Crippen molar-refractivity contribution in [3.05, 3.63) is 0 Å². The van der Waals surface area contributed by atoms with E-state index in [0.717, 1.165) is 37.8 Å². The number of unbranched alkanes of at least 4 members (excludes halogenated alkanes) is 1. The van der Waals surface area contributed by atoms with Gasteiger partial charge in [0.05, 0.1) is 7.11 Å². The van der Waals surface area contributed by atoms with Crippen LogP contribution in [-0.4, -0.2) is 38.2 Å². The van der Waals surface area contributed by atoms with Gasteiger partial charge in [0.2, 0.25) is 0 Å². The quantitative estimate of drug-likeness (QED) is 0.328. The lowest BCUT2D eigenvalue weighted by Gasteiger charge is -2.28. The van der Waals surface area contributed by atoms with Crippen molar-refractivity contribution in [3.8, 4) is 0 Å². The highest BCUT2D eigenvalue weighted by Gasteiger charge is 2.18. The minimum absolute atomic E-state index is 0.139. The highest BCUT2D eigenvalue weighted by molar-refractivity contribution is 5.80. The van der Waals surface area contributed by atoms with Crippen LogP contribution in [0.15, 0.2) is 4.99 Å². The summed E-state index contributed by atoms with van der Waals surface area (Å²) in [6.07, 6.45) is 7.29. The van der Waals surface area contributed by atoms with E-state index in [1.807, 2.05) is 0 Å². The van der Waals surface area contributed by atoms with E-state index in [-0.39, 0.29) is 5.97 Å². The number of hydrogen-bond donors (Lipinski definition) is 2. The van der Waals surface area contributed by atoms with Crippen molar-refractivity contribution in [1.29, 1.82) is 0 Å². The number of rotatable bonds is 7. The lowest BCUT2D eigenvalue weighted by Crippen LogP contribution is -2.44. The maximum absolute atomic E-state index is 11.0. The number of nitrogens with one attached hydrogen (secondary N) is 2. The molecule has 0 unspecified atom stereocenters. The fraction of sp³-hybridized carbons (Fsp3) is 0.875. The first-order valence-electron chi connectivity index (χ1n) is 8.27. The maximum atomic E-state index is 11.0. The number of aliphatic imine (C=N–C) groups is 1. The SMILES string of the molecule is CCNC(=NCCCCC(=O)OC)NC1CCC(C)CC1. The Balaban J connectivity index is 2.27. The van der Waals surface area contributed by atoms with Gasteiger partial charge in [0.1, 0.15) is 0 Å². The van der Waals surface area contributed by atoms with E-state index >= 15 is 0 Å². The number of nitrogens with zero attached hydrogens (tertiary/aromatic N) is 1. The normalized spacial score (nSPS) is 22.7. The number of methoxy groups -OCH3 is 1. The molecule has 1 rings (SSSR count). The fourth-order valence-electron chi connectivity index (χ4n) is 2.59. The standard InChI is InChI=1S/C16H31N3O2/c1-4-17-16(18-12-6-5-7-15(20)21-3)19-14-10-8-13(2)9-11-14/h13-14H,4-12H2,1-3H3,(H2,17,18,19). The molecular formula is C16H31N3O2. The van der Waals surface area contributed by atoms with E-state index in [1.54, 1.807) is 0 Å². The Bertz CT molecular complexity index is 323. The second-order valence-corrected chi connectivity index (χ2v) is 5.90. The molecule has 0 spiro atoms. The molecule has 0 aromatic carbocycles. The number of guanidine groups is 1. The van der Waals surface area contributed by atoms with Crippen molar-refractivity contribution in [2.24, 2.45) is 10.9 Å². The maximum Gasteiger partial charge on any atom is 0.305 e. The smallest absolute Gasteiger partial charge is 0.305 e. The first kappa shape index (κ1) is 17.8. The highest BCUT2D eigenvalue weighted by atomic mass is 16.5. The Labute approximate surface area is 128 Å². The topological polar surface area (TPSA) is 62.7 Å². The van der Waals surface area contributed by atoms with E-state index in [0.29, 0.717) is 12.5 Å². The van der Waals surface area contributed by atoms with Crippen molar-refractivity contribution in [2.75, 3.05) is 20.2 Å². The summed E-state index contributed by atoms with van der Waals surface area (Å²) in [5.41, 5.74) is 0. The molecule has 0 heterocycles. The summed E-state index contributed by atoms with van der Waals surface area (Å²) in [6.45, 7) is 6.03. The van der Waals surface area contributed by atoms with Crippen LogP contribution in [0.4, 0.5) is 0 Å². The summed E-state index contributed by atoms with van der Waals surface area (Å²) in [4.78, 5) is 15.6. The van der Waals surface area contributed by atoms with Crippen LogP contribution >= 0.6 is 0 Å². The summed E-state index contributed by atoms with van der Waals surface area (Å²) < 4.78 is 4.63. The molecule has 0 aliphatic heterocycles. The molecule has 0 aromatic rings. The van der Waals surface area contributed by atoms with Gasteiger partial charge in [-0.05, 0) is 51.4 Å². The van der Waals surface area contributed by atoms with Gasteiger partial charge in [0, 0.05) is 25.6 Å². The summed E-state index contributed by atoms with van der Waals surface area (Å²) in [7, 11) is 1.43. The molecule has 0 radical (unpaired) electrons. The zero-order valence-corrected chi connectivity index (χ0v) is 13.8. The van der Waals surface area contributed by atoms with Gasteiger partial charge >= 0.3 is 5.97 Å². The first-order chi connectivity index (χ1) is 10.2. The van der Waals surface area contributed by atoms with E-state index in [4.69, 9.17) is 0 Å². The number of carbonyl (C=O) groups is 1. The average Bonchev–Trinajstić information content (AvgIpc) is 2.49. The van der Waals surface area contributed by atoms with E-state index in [1.165, 1.54) is 32.8 Å². The Kier molecular flexibility index (Phi) is 8.87. The van der Waals surface area contributed by atoms with Gasteiger partial charge in [-0.25, -0.2) is 0 Å². The van der Waals surface area contributed by atoms with Gasteiger partial charge < -0.3 is 15.4 Å². The van der Waals surface area contributed by atoms with Gasteiger partial charge in [-0.1, -0.05) is 6.92 Å². The molecule has 0 atom stereocenters. The van der Waals surface area contributed by atoms with Crippen molar-refractivity contribution in [1.82, 2.24) is 10.6 Å². The number of carbonyl (C=O) groups excluding carboxylic acids is 1. The van der Waals surface area contributed by atoms with Crippen LogP contribution in [0.1, 0.15) is 58.8 Å². The minimum Gasteiger partial charge on any atom is -0.469 e. The van der Waals surface area contributed by atoms with Crippen molar-refractivity contribution >= 4 is 11.9 Å². The predicted molar refractivity (Wildman–Crippen MR) is 86.4 cm³/mol. The van der Waals surface area contributed by atoms with E-state index in [9.17, 15) is 4.79 Å².